The van der Waals surface area contributed by atoms with Gasteiger partial charge in [-0.3, -0.25) is 4.90 Å². The summed E-state index contributed by atoms with van der Waals surface area (Å²) in [6, 6.07) is 3.79. The molecule has 0 saturated carbocycles. The van der Waals surface area contributed by atoms with Gasteiger partial charge in [0.25, 0.3) is 0 Å². The molecular formula is C17H22FNO4. The summed E-state index contributed by atoms with van der Waals surface area (Å²) in [4.78, 5) is 25.0. The van der Waals surface area contributed by atoms with Gasteiger partial charge in [0.2, 0.25) is 0 Å². The minimum atomic E-state index is -1.06. The third-order valence-electron chi connectivity index (χ3n) is 3.87. The lowest BCUT2D eigenvalue weighted by Gasteiger charge is -2.26. The second-order valence-electron chi connectivity index (χ2n) is 6.93. The van der Waals surface area contributed by atoms with Gasteiger partial charge in [0.05, 0.1) is 0 Å². The monoisotopic (exact) mass is 323 g/mol. The van der Waals surface area contributed by atoms with Crippen LogP contribution in [0.3, 0.4) is 0 Å². The first-order valence-electron chi connectivity index (χ1n) is 7.57. The number of halogens is 1. The molecule has 1 saturated heterocycles. The number of carbonyl (C=O) groups is 2. The minimum Gasteiger partial charge on any atom is -0.480 e. The van der Waals surface area contributed by atoms with E-state index in [1.807, 2.05) is 0 Å². The number of likely N-dealkylation sites (tertiary alicyclic amines) is 1. The molecule has 6 heteroatoms. The van der Waals surface area contributed by atoms with Gasteiger partial charge in [-0.2, -0.15) is 0 Å². The van der Waals surface area contributed by atoms with Crippen molar-refractivity contribution < 1.29 is 23.8 Å². The number of ether oxygens (including phenoxy) is 1. The lowest BCUT2D eigenvalue weighted by Crippen LogP contribution is -2.43. The van der Waals surface area contributed by atoms with E-state index in [-0.39, 0.29) is 18.3 Å². The molecule has 1 aromatic rings. The van der Waals surface area contributed by atoms with Gasteiger partial charge in [-0.25, -0.2) is 14.0 Å². The van der Waals surface area contributed by atoms with Crippen LogP contribution in [0.1, 0.15) is 44.2 Å². The van der Waals surface area contributed by atoms with Crippen molar-refractivity contribution in [3.05, 3.63) is 35.1 Å². The van der Waals surface area contributed by atoms with Gasteiger partial charge < -0.3 is 9.84 Å². The van der Waals surface area contributed by atoms with Crippen molar-refractivity contribution in [2.45, 2.75) is 51.7 Å². The Morgan fingerprint density at radius 2 is 2.00 bits per heavy atom. The number of carboxylic acid groups (broad SMARTS) is 1. The number of aryl methyl sites for hydroxylation is 1. The number of carbonyl (C=O) groups excluding carboxylic acids is 1. The first-order valence-corrected chi connectivity index (χ1v) is 7.57. The number of hydrogen-bond acceptors (Lipinski definition) is 3. The van der Waals surface area contributed by atoms with Gasteiger partial charge in [-0.15, -0.1) is 0 Å². The Morgan fingerprint density at radius 1 is 1.35 bits per heavy atom. The Balaban J connectivity index is 2.22. The van der Waals surface area contributed by atoms with Crippen LogP contribution in [0.5, 0.6) is 0 Å². The van der Waals surface area contributed by atoms with E-state index in [4.69, 9.17) is 4.74 Å². The van der Waals surface area contributed by atoms with Gasteiger partial charge in [0, 0.05) is 12.5 Å². The lowest BCUT2D eigenvalue weighted by molar-refractivity contribution is -0.142. The van der Waals surface area contributed by atoms with Gasteiger partial charge in [-0.05, 0) is 51.3 Å². The standard InChI is InChI=1S/C17H22FNO4/c1-10-7-11(5-6-13(10)18)12-8-14(15(20)21)19(9-12)16(22)23-17(2,3)4/h5-7,12,14H,8-9H2,1-4H3,(H,20,21)/t12-,14-/m0/s1. The number of nitrogens with zero attached hydrogens (tertiary/aromatic N) is 1. The fourth-order valence-electron chi connectivity index (χ4n) is 2.76. The quantitative estimate of drug-likeness (QED) is 0.907. The number of carboxylic acids is 1. The molecular weight excluding hydrogens is 301 g/mol. The van der Waals surface area contributed by atoms with Crippen LogP contribution in [-0.4, -0.2) is 40.3 Å². The van der Waals surface area contributed by atoms with Crippen LogP contribution in [-0.2, 0) is 9.53 Å². The van der Waals surface area contributed by atoms with Crippen molar-refractivity contribution in [2.75, 3.05) is 6.54 Å². The molecule has 0 aromatic heterocycles. The zero-order valence-corrected chi connectivity index (χ0v) is 13.8. The summed E-state index contributed by atoms with van der Waals surface area (Å²) in [5.74, 6) is -1.51. The molecule has 1 aliphatic rings. The van der Waals surface area contributed by atoms with Crippen molar-refractivity contribution in [3.8, 4) is 0 Å². The average Bonchev–Trinajstić information content (AvgIpc) is 2.85. The molecule has 0 unspecified atom stereocenters. The van der Waals surface area contributed by atoms with E-state index in [1.165, 1.54) is 11.0 Å². The number of hydrogen-bond donors (Lipinski definition) is 1. The summed E-state index contributed by atoms with van der Waals surface area (Å²) in [5.41, 5.74) is 0.649. The molecule has 23 heavy (non-hydrogen) atoms. The summed E-state index contributed by atoms with van der Waals surface area (Å²) in [6.07, 6.45) is -0.342. The Labute approximate surface area is 135 Å². The maximum atomic E-state index is 13.4. The summed E-state index contributed by atoms with van der Waals surface area (Å²) in [5, 5.41) is 9.38. The Hall–Kier alpha value is -2.11. The second-order valence-corrected chi connectivity index (χ2v) is 6.93. The molecule has 1 amide bonds. The highest BCUT2D eigenvalue weighted by atomic mass is 19.1. The third kappa shape index (κ3) is 4.00. The first-order chi connectivity index (χ1) is 10.6. The third-order valence-corrected chi connectivity index (χ3v) is 3.87. The number of benzene rings is 1. The van der Waals surface area contributed by atoms with E-state index in [2.05, 4.69) is 0 Å². The average molecular weight is 323 g/mol. The minimum absolute atomic E-state index is 0.150. The van der Waals surface area contributed by atoms with Crippen molar-refractivity contribution in [1.29, 1.82) is 0 Å². The molecule has 1 aliphatic heterocycles. The van der Waals surface area contributed by atoms with E-state index in [0.717, 1.165) is 5.56 Å². The molecule has 1 aromatic carbocycles. The molecule has 0 spiro atoms. The van der Waals surface area contributed by atoms with Crippen LogP contribution < -0.4 is 0 Å². The zero-order chi connectivity index (χ0) is 17.4. The van der Waals surface area contributed by atoms with Crippen molar-refractivity contribution in [1.82, 2.24) is 4.90 Å². The molecule has 0 bridgehead atoms. The van der Waals surface area contributed by atoms with Crippen molar-refractivity contribution in [2.24, 2.45) is 0 Å². The highest BCUT2D eigenvalue weighted by Crippen LogP contribution is 2.33. The molecule has 2 rings (SSSR count). The number of amides is 1. The summed E-state index contributed by atoms with van der Waals surface area (Å²) in [6.45, 7) is 7.11. The molecule has 1 heterocycles. The molecule has 5 nitrogen and oxygen atoms in total. The Morgan fingerprint density at radius 3 is 2.52 bits per heavy atom. The normalized spacial score (nSPS) is 21.3. The Kier molecular flexibility index (Phi) is 4.63. The second kappa shape index (κ2) is 6.18. The van der Waals surface area contributed by atoms with Gasteiger partial charge in [0.1, 0.15) is 17.5 Å². The molecule has 0 radical (unpaired) electrons. The fourth-order valence-corrected chi connectivity index (χ4v) is 2.76. The highest BCUT2D eigenvalue weighted by Gasteiger charge is 2.42. The number of rotatable bonds is 2. The van der Waals surface area contributed by atoms with Crippen LogP contribution in [0.4, 0.5) is 9.18 Å². The van der Waals surface area contributed by atoms with Crippen molar-refractivity contribution >= 4 is 12.1 Å². The van der Waals surface area contributed by atoms with Crippen LogP contribution >= 0.6 is 0 Å². The van der Waals surface area contributed by atoms with Gasteiger partial charge >= 0.3 is 12.1 Å². The van der Waals surface area contributed by atoms with Crippen molar-refractivity contribution in [3.63, 3.8) is 0 Å². The molecule has 2 atom stereocenters. The fraction of sp³-hybridized carbons (Fsp3) is 0.529. The summed E-state index contributed by atoms with van der Waals surface area (Å²) >= 11 is 0. The van der Waals surface area contributed by atoms with E-state index in [0.29, 0.717) is 12.0 Å². The summed E-state index contributed by atoms with van der Waals surface area (Å²) in [7, 11) is 0. The van der Waals surface area contributed by atoms with Crippen LogP contribution in [0.25, 0.3) is 0 Å². The van der Waals surface area contributed by atoms with Crippen LogP contribution in [0.15, 0.2) is 18.2 Å². The SMILES string of the molecule is Cc1cc([C@H]2C[C@@H](C(=O)O)N(C(=O)OC(C)(C)C)C2)ccc1F. The molecule has 1 fully saturated rings. The molecule has 126 valence electrons. The maximum absolute atomic E-state index is 13.4. The van der Waals surface area contributed by atoms with E-state index < -0.39 is 23.7 Å². The van der Waals surface area contributed by atoms with E-state index >= 15 is 0 Å². The van der Waals surface area contributed by atoms with Gasteiger partial charge in [-0.1, -0.05) is 12.1 Å². The first kappa shape index (κ1) is 17.2. The highest BCUT2D eigenvalue weighted by molar-refractivity contribution is 5.81. The maximum Gasteiger partial charge on any atom is 0.411 e. The van der Waals surface area contributed by atoms with Gasteiger partial charge in [0.15, 0.2) is 0 Å². The predicted octanol–water partition coefficient (Wildman–Crippen LogP) is 3.31. The summed E-state index contributed by atoms with van der Waals surface area (Å²) < 4.78 is 18.7. The molecule has 0 aliphatic carbocycles. The Bertz CT molecular complexity index is 624. The number of aliphatic carboxylic acids is 1. The topological polar surface area (TPSA) is 66.8 Å². The largest absolute Gasteiger partial charge is 0.480 e. The zero-order valence-electron chi connectivity index (χ0n) is 13.8. The molecule has 1 N–H and O–H groups in total. The lowest BCUT2D eigenvalue weighted by atomic mass is 9.95. The predicted molar refractivity (Wildman–Crippen MR) is 82.9 cm³/mol. The van der Waals surface area contributed by atoms with E-state index in [9.17, 15) is 19.1 Å². The smallest absolute Gasteiger partial charge is 0.411 e. The van der Waals surface area contributed by atoms with Crippen LogP contribution in [0, 0.1) is 12.7 Å². The van der Waals surface area contributed by atoms with E-state index in [1.54, 1.807) is 39.8 Å². The van der Waals surface area contributed by atoms with Crippen LogP contribution in [0.2, 0.25) is 0 Å².